The first-order valence-electron chi connectivity index (χ1n) is 17.9. The predicted molar refractivity (Wildman–Crippen MR) is 181 cm³/mol. The van der Waals surface area contributed by atoms with Crippen molar-refractivity contribution in [2.24, 2.45) is 0 Å². The number of Topliss-reactive ketones (excluding diaryl/α,β-unsaturated/α-hetero) is 1. The lowest BCUT2D eigenvalue weighted by Gasteiger charge is -2.39. The second-order valence-electron chi connectivity index (χ2n) is 13.7. The molecule has 2 aromatic carbocycles. The van der Waals surface area contributed by atoms with E-state index >= 15 is 0 Å². The monoisotopic (exact) mass is 772 g/mol. The molecule has 4 atom stereocenters. The molecule has 294 valence electrons. The van der Waals surface area contributed by atoms with Gasteiger partial charge in [0, 0.05) is 55.3 Å². The fourth-order valence-electron chi connectivity index (χ4n) is 7.49. The SMILES string of the molecule is CCN1C[C@@H]2O[C@@H](C(=O)O[C@]3(C(C)=O)CCc4c(c(OC(C)=O)c5c(c4COCCCCCNC(=O)C(F)(F)F)C(=O)c4ccccc4C5=O)C3)[C@@H](O2)C1=O. The zero-order valence-electron chi connectivity index (χ0n) is 30.3. The van der Waals surface area contributed by atoms with Crippen molar-refractivity contribution >= 4 is 41.1 Å². The van der Waals surface area contributed by atoms with E-state index in [1.165, 1.54) is 24.0 Å². The molecule has 0 spiro atoms. The molecule has 17 heteroatoms. The van der Waals surface area contributed by atoms with Crippen molar-refractivity contribution in [2.45, 2.75) is 96.2 Å². The van der Waals surface area contributed by atoms with Gasteiger partial charge in [-0.2, -0.15) is 13.2 Å². The normalized spacial score (nSPS) is 22.8. The van der Waals surface area contributed by atoms with Crippen LogP contribution in [0.25, 0.3) is 0 Å². The van der Waals surface area contributed by atoms with Gasteiger partial charge < -0.3 is 33.9 Å². The first-order valence-corrected chi connectivity index (χ1v) is 17.9. The molecule has 55 heavy (non-hydrogen) atoms. The van der Waals surface area contributed by atoms with Gasteiger partial charge in [-0.15, -0.1) is 0 Å². The summed E-state index contributed by atoms with van der Waals surface area (Å²) in [5.41, 5.74) is -0.993. The maximum Gasteiger partial charge on any atom is 0.471 e. The third-order valence-corrected chi connectivity index (χ3v) is 10.2. The number of carbonyl (C=O) groups excluding carboxylic acids is 7. The first kappa shape index (κ1) is 39.7. The summed E-state index contributed by atoms with van der Waals surface area (Å²) in [5, 5.41) is 1.81. The minimum Gasteiger partial charge on any atom is -0.449 e. The van der Waals surface area contributed by atoms with Crippen molar-refractivity contribution in [3.8, 4) is 5.75 Å². The molecule has 0 saturated carbocycles. The third-order valence-electron chi connectivity index (χ3n) is 10.2. The molecule has 2 heterocycles. The minimum absolute atomic E-state index is 0.00106. The summed E-state index contributed by atoms with van der Waals surface area (Å²) in [7, 11) is 0. The van der Waals surface area contributed by atoms with Crippen molar-refractivity contribution in [2.75, 3.05) is 26.2 Å². The Morgan fingerprint density at radius 3 is 2.29 bits per heavy atom. The Morgan fingerprint density at radius 2 is 1.65 bits per heavy atom. The van der Waals surface area contributed by atoms with Crippen LogP contribution in [0.15, 0.2) is 24.3 Å². The van der Waals surface area contributed by atoms with E-state index in [-0.39, 0.29) is 85.6 Å². The number of amides is 2. The fraction of sp³-hybridized carbons (Fsp3) is 0.500. The molecule has 2 saturated heterocycles. The molecule has 0 unspecified atom stereocenters. The van der Waals surface area contributed by atoms with Crippen LogP contribution in [0.1, 0.15) is 95.0 Å². The number of alkyl halides is 3. The molecular formula is C38H39F3N2O12. The molecule has 2 bridgehead atoms. The van der Waals surface area contributed by atoms with Crippen LogP contribution in [0.5, 0.6) is 5.75 Å². The van der Waals surface area contributed by atoms with Gasteiger partial charge in [0.15, 0.2) is 41.4 Å². The van der Waals surface area contributed by atoms with E-state index in [4.69, 9.17) is 23.7 Å². The molecule has 0 radical (unpaired) electrons. The molecule has 1 N–H and O–H groups in total. The highest BCUT2D eigenvalue weighted by Gasteiger charge is 2.55. The number of benzene rings is 2. The van der Waals surface area contributed by atoms with E-state index in [2.05, 4.69) is 0 Å². The fourth-order valence-corrected chi connectivity index (χ4v) is 7.49. The van der Waals surface area contributed by atoms with Gasteiger partial charge in [-0.1, -0.05) is 24.3 Å². The van der Waals surface area contributed by atoms with Crippen molar-refractivity contribution < 1.29 is 70.4 Å². The number of esters is 2. The molecule has 2 aliphatic heterocycles. The number of morpholine rings is 1. The summed E-state index contributed by atoms with van der Waals surface area (Å²) in [6.07, 6.45) is -8.01. The Kier molecular flexibility index (Phi) is 11.3. The quantitative estimate of drug-likeness (QED) is 0.153. The Morgan fingerprint density at radius 1 is 0.964 bits per heavy atom. The van der Waals surface area contributed by atoms with Crippen molar-refractivity contribution in [3.63, 3.8) is 0 Å². The maximum atomic E-state index is 14.2. The number of ether oxygens (including phenoxy) is 5. The smallest absolute Gasteiger partial charge is 0.449 e. The van der Waals surface area contributed by atoms with Gasteiger partial charge in [0.2, 0.25) is 0 Å². The number of nitrogens with zero attached hydrogens (tertiary/aromatic N) is 1. The van der Waals surface area contributed by atoms with Gasteiger partial charge in [-0.05, 0) is 57.1 Å². The van der Waals surface area contributed by atoms with E-state index < -0.39 is 71.4 Å². The summed E-state index contributed by atoms with van der Waals surface area (Å²) in [6, 6.07) is 6.14. The lowest BCUT2D eigenvalue weighted by atomic mass is 9.71. The summed E-state index contributed by atoms with van der Waals surface area (Å²) in [6.45, 7) is 4.26. The van der Waals surface area contributed by atoms with E-state index in [1.54, 1.807) is 24.4 Å². The van der Waals surface area contributed by atoms with Gasteiger partial charge in [0.1, 0.15) is 5.75 Å². The van der Waals surface area contributed by atoms with Crippen molar-refractivity contribution in [3.05, 3.63) is 63.2 Å². The summed E-state index contributed by atoms with van der Waals surface area (Å²) in [4.78, 5) is 93.7. The molecule has 14 nitrogen and oxygen atoms in total. The van der Waals surface area contributed by atoms with E-state index in [9.17, 15) is 46.7 Å². The highest BCUT2D eigenvalue weighted by molar-refractivity contribution is 6.30. The number of hydrogen-bond donors (Lipinski definition) is 1. The van der Waals surface area contributed by atoms with Crippen LogP contribution in [0.3, 0.4) is 0 Å². The van der Waals surface area contributed by atoms with Crippen LogP contribution in [-0.2, 0) is 62.4 Å². The topological polar surface area (TPSA) is 181 Å². The summed E-state index contributed by atoms with van der Waals surface area (Å²) >= 11 is 0. The second kappa shape index (κ2) is 15.6. The Bertz CT molecular complexity index is 1960. The lowest BCUT2D eigenvalue weighted by Crippen LogP contribution is -2.53. The summed E-state index contributed by atoms with van der Waals surface area (Å²) in [5.74, 6) is -6.28. The minimum atomic E-state index is -4.98. The zero-order chi connectivity index (χ0) is 39.8. The Hall–Kier alpha value is -5.00. The molecule has 2 aliphatic carbocycles. The molecular weight excluding hydrogens is 733 g/mol. The molecule has 4 aliphatic rings. The Balaban J connectivity index is 1.32. The van der Waals surface area contributed by atoms with Crippen molar-refractivity contribution in [1.82, 2.24) is 10.2 Å². The number of ketones is 3. The number of nitrogens with one attached hydrogen (secondary N) is 1. The highest BCUT2D eigenvalue weighted by atomic mass is 19.4. The summed E-state index contributed by atoms with van der Waals surface area (Å²) < 4.78 is 66.3. The number of hydrogen-bond acceptors (Lipinski definition) is 12. The standard InChI is InChI=1S/C38H39F3N2O12/c1-4-43-17-26-53-32(34(43)48)33(54-26)35(49)55-37(19(2)44)13-12-21-24(16-37)31(52-20(3)45)28-27(29(46)22-10-6-7-11-23(22)30(28)47)25(21)18-51-15-9-5-8-14-42-36(50)38(39,40)41/h6-7,10-11,26,32-33H,4-5,8-9,12-18H2,1-3H3,(H,42,50)/t26-,32+,33+,37+/m0/s1. The molecule has 2 amide bonds. The van der Waals surface area contributed by atoms with Crippen LogP contribution in [0.4, 0.5) is 13.2 Å². The highest BCUT2D eigenvalue weighted by Crippen LogP contribution is 2.46. The molecule has 2 aromatic rings. The average Bonchev–Trinajstić information content (AvgIpc) is 3.51. The average molecular weight is 773 g/mol. The predicted octanol–water partition coefficient (Wildman–Crippen LogP) is 3.08. The van der Waals surface area contributed by atoms with Crippen LogP contribution < -0.4 is 10.1 Å². The van der Waals surface area contributed by atoms with Crippen molar-refractivity contribution in [1.29, 1.82) is 0 Å². The molecule has 2 fully saturated rings. The number of carbonyl (C=O) groups is 7. The van der Waals surface area contributed by atoms with Gasteiger partial charge in [0.05, 0.1) is 18.7 Å². The Labute approximate surface area is 312 Å². The number of unbranched alkanes of at least 4 members (excludes halogenated alkanes) is 2. The number of fused-ring (bicyclic) bond motifs is 5. The van der Waals surface area contributed by atoms with Crippen LogP contribution in [0.2, 0.25) is 0 Å². The van der Waals surface area contributed by atoms with Gasteiger partial charge in [-0.3, -0.25) is 28.8 Å². The maximum absolute atomic E-state index is 14.2. The van der Waals surface area contributed by atoms with Gasteiger partial charge in [0.25, 0.3) is 5.91 Å². The molecule has 6 rings (SSSR count). The number of halogens is 3. The van der Waals surface area contributed by atoms with Gasteiger partial charge in [-0.25, -0.2) is 4.79 Å². The number of rotatable bonds is 13. The van der Waals surface area contributed by atoms with Gasteiger partial charge >= 0.3 is 24.0 Å². The lowest BCUT2D eigenvalue weighted by molar-refractivity contribution is -0.178. The molecule has 0 aromatic heterocycles. The third kappa shape index (κ3) is 7.64. The second-order valence-corrected chi connectivity index (χ2v) is 13.7. The van der Waals surface area contributed by atoms with Crippen LogP contribution in [0, 0.1) is 0 Å². The van der Waals surface area contributed by atoms with Crippen LogP contribution in [-0.4, -0.2) is 103 Å². The number of likely N-dealkylation sites (N-methyl/N-ethyl adjacent to an activating group) is 1. The largest absolute Gasteiger partial charge is 0.471 e. The first-order chi connectivity index (χ1) is 26.1. The van der Waals surface area contributed by atoms with E-state index in [1.807, 2.05) is 0 Å². The van der Waals surface area contributed by atoms with Crippen LogP contribution >= 0.6 is 0 Å². The van der Waals surface area contributed by atoms with E-state index in [0.29, 0.717) is 30.5 Å². The van der Waals surface area contributed by atoms with E-state index in [0.717, 1.165) is 6.92 Å². The zero-order valence-corrected chi connectivity index (χ0v) is 30.3.